The summed E-state index contributed by atoms with van der Waals surface area (Å²) in [5, 5.41) is 36.5. The maximum atomic E-state index is 12.5. The Balaban J connectivity index is 1.97. The summed E-state index contributed by atoms with van der Waals surface area (Å²) in [5.74, 6) is -4.31. The van der Waals surface area contributed by atoms with Gasteiger partial charge in [-0.2, -0.15) is 0 Å². The molecule has 9 N–H and O–H groups in total. The Morgan fingerprint density at radius 3 is 1.83 bits per heavy atom. The van der Waals surface area contributed by atoms with Gasteiger partial charge in [-0.3, -0.25) is 34.1 Å². The highest BCUT2D eigenvalue weighted by Crippen LogP contribution is 2.17. The number of aromatic nitrogens is 2. The number of aliphatic carboxylic acids is 3. The van der Waals surface area contributed by atoms with Gasteiger partial charge in [0.15, 0.2) is 5.78 Å². The van der Waals surface area contributed by atoms with Crippen LogP contribution < -0.4 is 21.7 Å². The van der Waals surface area contributed by atoms with Crippen LogP contribution in [0.25, 0.3) is 0 Å². The second-order valence-electron chi connectivity index (χ2n) is 16.5. The molecule has 0 aliphatic carbocycles. The molecular formula is C46H80N6O11. The van der Waals surface area contributed by atoms with Crippen LogP contribution in [-0.2, 0) is 44.7 Å². The Morgan fingerprint density at radius 1 is 0.683 bits per heavy atom. The Labute approximate surface area is 374 Å². The Bertz CT molecular complexity index is 1410. The zero-order valence-electron chi connectivity index (χ0n) is 37.9. The number of imidazole rings is 1. The summed E-state index contributed by atoms with van der Waals surface area (Å²) in [5.41, 5.74) is 7.33. The van der Waals surface area contributed by atoms with E-state index >= 15 is 0 Å². The van der Waals surface area contributed by atoms with Crippen molar-refractivity contribution < 1.29 is 53.6 Å². The number of Topliss-reactive ketones (excluding diaryl/α,β-unsaturated/α-hetero) is 2. The molecular weight excluding hydrogens is 813 g/mol. The first-order valence-electron chi connectivity index (χ1n) is 23.4. The first kappa shape index (κ1) is 56.8. The Kier molecular flexibility index (Phi) is 34.5. The van der Waals surface area contributed by atoms with Gasteiger partial charge in [0.05, 0.1) is 51.3 Å². The van der Waals surface area contributed by atoms with Gasteiger partial charge < -0.3 is 46.1 Å². The average Bonchev–Trinajstić information content (AvgIpc) is 3.76. The fourth-order valence-corrected chi connectivity index (χ4v) is 7.04. The predicted octanol–water partition coefficient (Wildman–Crippen LogP) is 5.86. The lowest BCUT2D eigenvalue weighted by molar-refractivity contribution is -0.144. The van der Waals surface area contributed by atoms with Gasteiger partial charge >= 0.3 is 17.9 Å². The highest BCUT2D eigenvalue weighted by molar-refractivity contribution is 5.86. The van der Waals surface area contributed by atoms with Crippen LogP contribution in [0.15, 0.2) is 24.8 Å². The van der Waals surface area contributed by atoms with Crippen LogP contribution in [0.4, 0.5) is 0 Å². The smallest absolute Gasteiger partial charge is 0.320 e. The van der Waals surface area contributed by atoms with Crippen LogP contribution in [0, 0.1) is 5.92 Å². The van der Waals surface area contributed by atoms with Crippen molar-refractivity contribution in [3.63, 3.8) is 0 Å². The lowest BCUT2D eigenvalue weighted by Gasteiger charge is -2.16. The van der Waals surface area contributed by atoms with Crippen LogP contribution in [-0.4, -0.2) is 119 Å². The summed E-state index contributed by atoms with van der Waals surface area (Å²) in [6.07, 6.45) is 23.8. The molecule has 63 heavy (non-hydrogen) atoms. The van der Waals surface area contributed by atoms with Gasteiger partial charge in [-0.25, -0.2) is 4.98 Å². The third-order valence-corrected chi connectivity index (χ3v) is 10.9. The van der Waals surface area contributed by atoms with Crippen molar-refractivity contribution in [3.8, 4) is 0 Å². The number of H-pyrrole nitrogens is 1. The van der Waals surface area contributed by atoms with Gasteiger partial charge in [0.1, 0.15) is 11.8 Å². The molecule has 17 heteroatoms. The molecule has 3 atom stereocenters. The van der Waals surface area contributed by atoms with Crippen molar-refractivity contribution in [1.82, 2.24) is 25.9 Å². The molecule has 1 aromatic rings. The molecule has 0 aromatic carbocycles. The fourth-order valence-electron chi connectivity index (χ4n) is 7.04. The number of nitrogens with two attached hydrogens (primary N) is 1. The SMILES string of the molecule is C=C(COCCOCCNC(=O)CC[C@H](CC(=O)CCCCCCCCCCCCCCCCCCC(=O)O)C(=O)O)NCCCC[C@H](NCC(=O)[C@@H](N)Cc1cnc[nH]1)C(=O)O. The fraction of sp³-hybridized carbons (Fsp3) is 0.761. The molecule has 0 aliphatic rings. The normalized spacial score (nSPS) is 12.7. The number of carboxylic acids is 3. The van der Waals surface area contributed by atoms with E-state index in [1.54, 1.807) is 6.20 Å². The number of nitrogens with zero attached hydrogens (tertiary/aromatic N) is 1. The average molecular weight is 893 g/mol. The lowest BCUT2D eigenvalue weighted by atomic mass is 9.94. The number of amides is 1. The number of nitrogens with one attached hydrogen (secondary N) is 4. The summed E-state index contributed by atoms with van der Waals surface area (Å²) < 4.78 is 11.1. The molecule has 1 heterocycles. The molecule has 0 spiro atoms. The Hall–Kier alpha value is -4.19. The minimum absolute atomic E-state index is 0.0150. The topological polar surface area (TPSA) is 272 Å². The standard InChI is InChI=1S/C46H80N6O11/c1-36(49-25-19-18-21-41(46(60)61)51-33-42(54)40(47)31-38-32-48-35-52-38)34-63-29-28-62-27-26-50-43(55)24-23-37(45(58)59)30-39(53)20-16-14-12-10-8-6-4-2-3-5-7-9-11-13-15-17-22-44(56)57/h32,35,37,40-41,49,51H,1-31,33-34,47H2,(H,48,52)(H,50,55)(H,56,57)(H,58,59)(H,60,61)/t37-,40+,41+/m1/s1. The first-order valence-corrected chi connectivity index (χ1v) is 23.4. The molecule has 360 valence electrons. The number of carbonyl (C=O) groups is 6. The van der Waals surface area contributed by atoms with E-state index in [4.69, 9.17) is 20.3 Å². The number of hydrogen-bond donors (Lipinski definition) is 8. The second-order valence-corrected chi connectivity index (χ2v) is 16.5. The number of rotatable bonds is 46. The summed E-state index contributed by atoms with van der Waals surface area (Å²) in [4.78, 5) is 77.8. The maximum Gasteiger partial charge on any atom is 0.320 e. The van der Waals surface area contributed by atoms with Crippen LogP contribution in [0.5, 0.6) is 0 Å². The molecule has 1 amide bonds. The number of carbonyl (C=O) groups excluding carboxylic acids is 3. The number of unbranched alkanes of at least 4 members (excludes halogenated alkanes) is 16. The molecule has 0 unspecified atom stereocenters. The van der Waals surface area contributed by atoms with Gasteiger partial charge in [0, 0.05) is 62.8 Å². The van der Waals surface area contributed by atoms with Crippen LogP contribution in [0.3, 0.4) is 0 Å². The monoisotopic (exact) mass is 893 g/mol. The van der Waals surface area contributed by atoms with Crippen LogP contribution >= 0.6 is 0 Å². The van der Waals surface area contributed by atoms with Crippen molar-refractivity contribution in [1.29, 1.82) is 0 Å². The first-order chi connectivity index (χ1) is 30.4. The zero-order chi connectivity index (χ0) is 46.3. The minimum Gasteiger partial charge on any atom is -0.481 e. The van der Waals surface area contributed by atoms with E-state index in [0.717, 1.165) is 50.6 Å². The second kappa shape index (κ2) is 38.3. The summed E-state index contributed by atoms with van der Waals surface area (Å²) in [6, 6.07) is -1.63. The highest BCUT2D eigenvalue weighted by atomic mass is 16.5. The highest BCUT2D eigenvalue weighted by Gasteiger charge is 2.23. The van der Waals surface area contributed by atoms with Crippen molar-refractivity contribution in [2.24, 2.45) is 11.7 Å². The number of ketones is 2. The summed E-state index contributed by atoms with van der Waals surface area (Å²) in [7, 11) is 0. The quantitative estimate of drug-likeness (QED) is 0.0356. The van der Waals surface area contributed by atoms with E-state index in [9.17, 15) is 39.0 Å². The molecule has 0 saturated heterocycles. The number of carboxylic acid groups (broad SMARTS) is 3. The van der Waals surface area contributed by atoms with Crippen molar-refractivity contribution in [3.05, 3.63) is 30.5 Å². The van der Waals surface area contributed by atoms with E-state index in [1.807, 2.05) is 0 Å². The van der Waals surface area contributed by atoms with Gasteiger partial charge in [0.2, 0.25) is 5.91 Å². The van der Waals surface area contributed by atoms with Gasteiger partial charge in [-0.1, -0.05) is 96.5 Å². The van der Waals surface area contributed by atoms with Gasteiger partial charge in [-0.05, 0) is 38.5 Å². The minimum atomic E-state index is -1.06. The molecule has 0 radical (unpaired) electrons. The van der Waals surface area contributed by atoms with Crippen LogP contribution in [0.1, 0.15) is 160 Å². The van der Waals surface area contributed by atoms with Crippen molar-refractivity contribution in [2.75, 3.05) is 46.1 Å². The van der Waals surface area contributed by atoms with Crippen LogP contribution in [0.2, 0.25) is 0 Å². The van der Waals surface area contributed by atoms with Crippen molar-refractivity contribution >= 4 is 35.4 Å². The molecule has 0 aliphatic heterocycles. The Morgan fingerprint density at radius 2 is 1.27 bits per heavy atom. The number of ether oxygens (including phenoxy) is 2. The molecule has 0 fully saturated rings. The molecule has 1 rings (SSSR count). The molecule has 0 bridgehead atoms. The third-order valence-electron chi connectivity index (χ3n) is 10.9. The predicted molar refractivity (Wildman–Crippen MR) is 241 cm³/mol. The zero-order valence-corrected chi connectivity index (χ0v) is 37.9. The molecule has 0 saturated carbocycles. The third kappa shape index (κ3) is 34.0. The van der Waals surface area contributed by atoms with E-state index in [0.29, 0.717) is 57.6 Å². The van der Waals surface area contributed by atoms with E-state index < -0.39 is 35.9 Å². The van der Waals surface area contributed by atoms with E-state index in [1.165, 1.54) is 64.1 Å². The summed E-state index contributed by atoms with van der Waals surface area (Å²) in [6.45, 7) is 5.77. The number of aromatic amines is 1. The van der Waals surface area contributed by atoms with E-state index in [2.05, 4.69) is 32.5 Å². The van der Waals surface area contributed by atoms with Gasteiger partial charge in [-0.15, -0.1) is 0 Å². The van der Waals surface area contributed by atoms with E-state index in [-0.39, 0.29) is 69.5 Å². The van der Waals surface area contributed by atoms with Gasteiger partial charge in [0.25, 0.3) is 0 Å². The molecule has 17 nitrogen and oxygen atoms in total. The van der Waals surface area contributed by atoms with Crippen molar-refractivity contribution in [2.45, 2.75) is 173 Å². The largest absolute Gasteiger partial charge is 0.481 e. The number of hydrogen-bond acceptors (Lipinski definition) is 12. The lowest BCUT2D eigenvalue weighted by Crippen LogP contribution is -2.45. The maximum absolute atomic E-state index is 12.5. The summed E-state index contributed by atoms with van der Waals surface area (Å²) >= 11 is 0. The molecule has 1 aromatic heterocycles.